The standard InChI is InChI=1S/C20H12FN5O2/c21-11-3-1-4-12(9-11)26-24-16-7-6-15-18(19(16)25-26)13(20(27)28)10-17(23-15)14-5-2-8-22-14/h1-10,22H,(H,27,28). The molecule has 0 spiro atoms. The highest BCUT2D eigenvalue weighted by molar-refractivity contribution is 6.13. The minimum atomic E-state index is -1.09. The summed E-state index contributed by atoms with van der Waals surface area (Å²) in [7, 11) is 0. The number of pyridine rings is 1. The molecule has 28 heavy (non-hydrogen) atoms. The van der Waals surface area contributed by atoms with Gasteiger partial charge in [-0.3, -0.25) is 0 Å². The van der Waals surface area contributed by atoms with E-state index in [2.05, 4.69) is 20.2 Å². The molecule has 0 aliphatic carbocycles. The molecule has 0 amide bonds. The fourth-order valence-corrected chi connectivity index (χ4v) is 3.21. The third-order valence-corrected chi connectivity index (χ3v) is 4.47. The lowest BCUT2D eigenvalue weighted by atomic mass is 10.1. The van der Waals surface area contributed by atoms with Gasteiger partial charge in [-0.1, -0.05) is 6.07 Å². The SMILES string of the molecule is O=C(O)c1cc(-c2ccc[nH]2)nc2ccc3nn(-c4cccc(F)c4)nc3c12. The van der Waals surface area contributed by atoms with Gasteiger partial charge in [-0.05, 0) is 42.5 Å². The Balaban J connectivity index is 1.80. The molecule has 3 heterocycles. The lowest BCUT2D eigenvalue weighted by molar-refractivity contribution is 0.0699. The fourth-order valence-electron chi connectivity index (χ4n) is 3.21. The second-order valence-electron chi connectivity index (χ2n) is 6.24. The first-order chi connectivity index (χ1) is 13.6. The molecular weight excluding hydrogens is 361 g/mol. The van der Waals surface area contributed by atoms with Gasteiger partial charge in [0.2, 0.25) is 0 Å². The van der Waals surface area contributed by atoms with Gasteiger partial charge in [-0.25, -0.2) is 14.2 Å². The first-order valence-corrected chi connectivity index (χ1v) is 8.44. The monoisotopic (exact) mass is 373 g/mol. The van der Waals surface area contributed by atoms with Crippen molar-refractivity contribution < 1.29 is 14.3 Å². The molecule has 0 aliphatic heterocycles. The molecule has 2 aromatic carbocycles. The van der Waals surface area contributed by atoms with Gasteiger partial charge < -0.3 is 10.1 Å². The molecule has 3 aromatic heterocycles. The smallest absolute Gasteiger partial charge is 0.336 e. The van der Waals surface area contributed by atoms with Crippen LogP contribution in [0, 0.1) is 5.82 Å². The Morgan fingerprint density at radius 1 is 1.04 bits per heavy atom. The highest BCUT2D eigenvalue weighted by Crippen LogP contribution is 2.29. The average Bonchev–Trinajstić information content (AvgIpc) is 3.36. The lowest BCUT2D eigenvalue weighted by Crippen LogP contribution is -2.01. The van der Waals surface area contributed by atoms with E-state index in [1.54, 1.807) is 30.5 Å². The summed E-state index contributed by atoms with van der Waals surface area (Å²) in [6, 6.07) is 14.4. The molecular formula is C20H12FN5O2. The molecule has 5 rings (SSSR count). The zero-order valence-corrected chi connectivity index (χ0v) is 14.3. The van der Waals surface area contributed by atoms with Gasteiger partial charge in [0, 0.05) is 17.6 Å². The number of halogens is 1. The summed E-state index contributed by atoms with van der Waals surface area (Å²) in [5.74, 6) is -1.50. The molecule has 0 atom stereocenters. The number of carboxylic acids is 1. The number of aromatic amines is 1. The van der Waals surface area contributed by atoms with Crippen molar-refractivity contribution in [1.29, 1.82) is 0 Å². The number of hydrogen-bond acceptors (Lipinski definition) is 4. The predicted molar refractivity (Wildman–Crippen MR) is 101 cm³/mol. The van der Waals surface area contributed by atoms with Crippen LogP contribution in [0.2, 0.25) is 0 Å². The van der Waals surface area contributed by atoms with Crippen LogP contribution in [-0.2, 0) is 0 Å². The number of carbonyl (C=O) groups is 1. The van der Waals surface area contributed by atoms with Gasteiger partial charge in [0.05, 0.1) is 28.2 Å². The average molecular weight is 373 g/mol. The molecule has 136 valence electrons. The van der Waals surface area contributed by atoms with Crippen LogP contribution in [0.15, 0.2) is 60.8 Å². The van der Waals surface area contributed by atoms with Crippen LogP contribution in [0.25, 0.3) is 39.0 Å². The van der Waals surface area contributed by atoms with Crippen LogP contribution < -0.4 is 0 Å². The summed E-state index contributed by atoms with van der Waals surface area (Å²) in [4.78, 5) is 20.9. The summed E-state index contributed by atoms with van der Waals surface area (Å²) >= 11 is 0. The van der Waals surface area contributed by atoms with E-state index in [-0.39, 0.29) is 5.56 Å². The predicted octanol–water partition coefficient (Wildman–Crippen LogP) is 3.80. The van der Waals surface area contributed by atoms with E-state index < -0.39 is 11.8 Å². The van der Waals surface area contributed by atoms with Crippen molar-refractivity contribution in [3.05, 3.63) is 72.2 Å². The van der Waals surface area contributed by atoms with Crippen molar-refractivity contribution in [3.63, 3.8) is 0 Å². The van der Waals surface area contributed by atoms with Crippen molar-refractivity contribution in [1.82, 2.24) is 25.0 Å². The number of fused-ring (bicyclic) bond motifs is 3. The summed E-state index contributed by atoms with van der Waals surface area (Å²) in [6.45, 7) is 0. The molecule has 0 radical (unpaired) electrons. The number of benzene rings is 2. The number of nitrogens with zero attached hydrogens (tertiary/aromatic N) is 4. The minimum Gasteiger partial charge on any atom is -0.478 e. The summed E-state index contributed by atoms with van der Waals surface area (Å²) in [5.41, 5.74) is 3.13. The quantitative estimate of drug-likeness (QED) is 0.501. The van der Waals surface area contributed by atoms with Crippen LogP contribution in [0.4, 0.5) is 4.39 Å². The van der Waals surface area contributed by atoms with Gasteiger partial charge in [-0.15, -0.1) is 10.2 Å². The molecule has 7 nitrogen and oxygen atoms in total. The van der Waals surface area contributed by atoms with Gasteiger partial charge in [-0.2, -0.15) is 4.80 Å². The minimum absolute atomic E-state index is 0.0755. The van der Waals surface area contributed by atoms with Crippen molar-refractivity contribution in [2.75, 3.05) is 0 Å². The first kappa shape index (κ1) is 16.1. The molecule has 0 saturated heterocycles. The topological polar surface area (TPSA) is 96.7 Å². The number of H-pyrrole nitrogens is 1. The zero-order chi connectivity index (χ0) is 19.3. The Bertz CT molecular complexity index is 1360. The fraction of sp³-hybridized carbons (Fsp3) is 0. The number of nitrogens with one attached hydrogen (secondary N) is 1. The van der Waals surface area contributed by atoms with E-state index in [1.165, 1.54) is 23.0 Å². The molecule has 5 aromatic rings. The number of carboxylic acid groups (broad SMARTS) is 1. The van der Waals surface area contributed by atoms with Gasteiger partial charge in [0.1, 0.15) is 16.9 Å². The number of hydrogen-bond donors (Lipinski definition) is 2. The highest BCUT2D eigenvalue weighted by atomic mass is 19.1. The maximum atomic E-state index is 13.6. The van der Waals surface area contributed by atoms with Crippen molar-refractivity contribution >= 4 is 27.9 Å². The van der Waals surface area contributed by atoms with Crippen LogP contribution in [-0.4, -0.2) is 36.0 Å². The maximum absolute atomic E-state index is 13.6. The Labute approximate surface area is 157 Å². The second-order valence-corrected chi connectivity index (χ2v) is 6.24. The van der Waals surface area contributed by atoms with E-state index in [0.29, 0.717) is 39.0 Å². The molecule has 2 N–H and O–H groups in total. The molecule has 8 heteroatoms. The Hall–Kier alpha value is -4.07. The van der Waals surface area contributed by atoms with Gasteiger partial charge >= 0.3 is 5.97 Å². The molecule has 0 bridgehead atoms. The highest BCUT2D eigenvalue weighted by Gasteiger charge is 2.18. The maximum Gasteiger partial charge on any atom is 0.336 e. The third kappa shape index (κ3) is 2.50. The van der Waals surface area contributed by atoms with Gasteiger partial charge in [0.15, 0.2) is 0 Å². The summed E-state index contributed by atoms with van der Waals surface area (Å²) in [5, 5.41) is 18.9. The first-order valence-electron chi connectivity index (χ1n) is 8.44. The van der Waals surface area contributed by atoms with E-state index in [9.17, 15) is 14.3 Å². The van der Waals surface area contributed by atoms with Gasteiger partial charge in [0.25, 0.3) is 0 Å². The second kappa shape index (κ2) is 5.98. The summed E-state index contributed by atoms with van der Waals surface area (Å²) in [6.07, 6.45) is 1.75. The lowest BCUT2D eigenvalue weighted by Gasteiger charge is -2.06. The molecule has 0 aliphatic rings. The van der Waals surface area contributed by atoms with Crippen molar-refractivity contribution in [2.24, 2.45) is 0 Å². The largest absolute Gasteiger partial charge is 0.478 e. The number of aromatic nitrogens is 5. The van der Waals surface area contributed by atoms with Crippen LogP contribution >= 0.6 is 0 Å². The van der Waals surface area contributed by atoms with Crippen LogP contribution in [0.1, 0.15) is 10.4 Å². The molecule has 0 fully saturated rings. The number of aromatic carboxylic acids is 1. The normalized spacial score (nSPS) is 11.3. The molecule has 0 saturated carbocycles. The van der Waals surface area contributed by atoms with Crippen molar-refractivity contribution in [3.8, 4) is 17.1 Å². The van der Waals surface area contributed by atoms with Crippen molar-refractivity contribution in [2.45, 2.75) is 0 Å². The van der Waals surface area contributed by atoms with E-state index in [0.717, 1.165) is 0 Å². The van der Waals surface area contributed by atoms with Crippen LogP contribution in [0.3, 0.4) is 0 Å². The van der Waals surface area contributed by atoms with E-state index in [1.807, 2.05) is 12.1 Å². The third-order valence-electron chi connectivity index (χ3n) is 4.47. The molecule has 0 unspecified atom stereocenters. The van der Waals surface area contributed by atoms with E-state index in [4.69, 9.17) is 0 Å². The van der Waals surface area contributed by atoms with E-state index >= 15 is 0 Å². The Morgan fingerprint density at radius 2 is 1.89 bits per heavy atom. The zero-order valence-electron chi connectivity index (χ0n) is 14.3. The van der Waals surface area contributed by atoms with Crippen LogP contribution in [0.5, 0.6) is 0 Å². The Morgan fingerprint density at radius 3 is 2.64 bits per heavy atom. The number of rotatable bonds is 3. The summed E-state index contributed by atoms with van der Waals surface area (Å²) < 4.78 is 13.6. The Kier molecular flexibility index (Phi) is 3.45.